The largest absolute Gasteiger partial charge is 0.486 e. The second-order valence-corrected chi connectivity index (χ2v) is 4.48. The zero-order chi connectivity index (χ0) is 12.2. The average Bonchev–Trinajstić information content (AvgIpc) is 2.27. The standard InChI is InChI=1S/C14H19FO/c1-5-9-16-13-10-11(7-8-12(13)15)14(3,4)6-2/h5,7-8,10H,1,6,9H2,2-4H3. The van der Waals surface area contributed by atoms with Gasteiger partial charge < -0.3 is 4.74 Å². The summed E-state index contributed by atoms with van der Waals surface area (Å²) >= 11 is 0. The zero-order valence-corrected chi connectivity index (χ0v) is 10.2. The first-order valence-electron chi connectivity index (χ1n) is 5.55. The SMILES string of the molecule is C=CCOc1cc(C(C)(C)CC)ccc1F. The predicted octanol–water partition coefficient (Wildman–Crippen LogP) is 4.08. The van der Waals surface area contributed by atoms with Crippen LogP contribution in [0, 0.1) is 5.82 Å². The molecule has 1 rings (SSSR count). The van der Waals surface area contributed by atoms with Crippen LogP contribution in [0.15, 0.2) is 30.9 Å². The van der Waals surface area contributed by atoms with Gasteiger partial charge in [0, 0.05) is 0 Å². The van der Waals surface area contributed by atoms with Gasteiger partial charge in [0.25, 0.3) is 0 Å². The van der Waals surface area contributed by atoms with Gasteiger partial charge in [0.05, 0.1) is 0 Å². The van der Waals surface area contributed by atoms with E-state index in [9.17, 15) is 4.39 Å². The van der Waals surface area contributed by atoms with Crippen LogP contribution < -0.4 is 4.74 Å². The number of rotatable bonds is 5. The van der Waals surface area contributed by atoms with Crippen molar-refractivity contribution in [2.24, 2.45) is 0 Å². The van der Waals surface area contributed by atoms with E-state index < -0.39 is 0 Å². The molecule has 0 radical (unpaired) electrons. The van der Waals surface area contributed by atoms with Gasteiger partial charge in [-0.05, 0) is 29.5 Å². The molecule has 0 aromatic heterocycles. The predicted molar refractivity (Wildman–Crippen MR) is 65.4 cm³/mol. The molecule has 16 heavy (non-hydrogen) atoms. The third kappa shape index (κ3) is 2.84. The smallest absolute Gasteiger partial charge is 0.165 e. The molecule has 1 aromatic carbocycles. The Kier molecular flexibility index (Phi) is 4.11. The quantitative estimate of drug-likeness (QED) is 0.682. The molecule has 0 aliphatic heterocycles. The Labute approximate surface area is 96.9 Å². The van der Waals surface area contributed by atoms with Crippen LogP contribution in [0.2, 0.25) is 0 Å². The Hall–Kier alpha value is -1.31. The third-order valence-corrected chi connectivity index (χ3v) is 2.95. The van der Waals surface area contributed by atoms with Crippen LogP contribution in [0.1, 0.15) is 32.8 Å². The van der Waals surface area contributed by atoms with Crippen LogP contribution in [-0.2, 0) is 5.41 Å². The maximum Gasteiger partial charge on any atom is 0.165 e. The molecule has 0 spiro atoms. The summed E-state index contributed by atoms with van der Waals surface area (Å²) < 4.78 is 18.7. The Bertz CT molecular complexity index is 369. The van der Waals surface area contributed by atoms with Crippen LogP contribution in [0.25, 0.3) is 0 Å². The lowest BCUT2D eigenvalue weighted by Gasteiger charge is -2.23. The van der Waals surface area contributed by atoms with Gasteiger partial charge in [0.2, 0.25) is 0 Å². The van der Waals surface area contributed by atoms with E-state index in [-0.39, 0.29) is 11.2 Å². The second-order valence-electron chi connectivity index (χ2n) is 4.48. The van der Waals surface area contributed by atoms with Crippen LogP contribution in [0.5, 0.6) is 5.75 Å². The van der Waals surface area contributed by atoms with Crippen molar-refractivity contribution in [2.75, 3.05) is 6.61 Å². The topological polar surface area (TPSA) is 9.23 Å². The molecule has 0 amide bonds. The molecule has 2 heteroatoms. The van der Waals surface area contributed by atoms with Crippen molar-refractivity contribution in [1.82, 2.24) is 0 Å². The summed E-state index contributed by atoms with van der Waals surface area (Å²) in [6.45, 7) is 10.3. The summed E-state index contributed by atoms with van der Waals surface area (Å²) in [4.78, 5) is 0. The molecule has 0 aliphatic rings. The first-order valence-corrected chi connectivity index (χ1v) is 5.55. The highest BCUT2D eigenvalue weighted by molar-refractivity contribution is 5.34. The van der Waals surface area contributed by atoms with Gasteiger partial charge >= 0.3 is 0 Å². The highest BCUT2D eigenvalue weighted by Crippen LogP contribution is 2.30. The zero-order valence-electron chi connectivity index (χ0n) is 10.2. The number of benzene rings is 1. The highest BCUT2D eigenvalue weighted by Gasteiger charge is 2.19. The Morgan fingerprint density at radius 1 is 1.44 bits per heavy atom. The molecule has 0 fully saturated rings. The molecule has 0 saturated carbocycles. The molecule has 0 atom stereocenters. The van der Waals surface area contributed by atoms with Crippen LogP contribution >= 0.6 is 0 Å². The Balaban J connectivity index is 3.02. The van der Waals surface area contributed by atoms with Crippen molar-refractivity contribution in [3.8, 4) is 5.75 Å². The monoisotopic (exact) mass is 222 g/mol. The summed E-state index contributed by atoms with van der Waals surface area (Å²) in [6.07, 6.45) is 2.61. The van der Waals surface area contributed by atoms with Gasteiger partial charge in [-0.25, -0.2) is 4.39 Å². The van der Waals surface area contributed by atoms with Crippen molar-refractivity contribution >= 4 is 0 Å². The molecule has 0 saturated heterocycles. The third-order valence-electron chi connectivity index (χ3n) is 2.95. The Morgan fingerprint density at radius 2 is 2.12 bits per heavy atom. The lowest BCUT2D eigenvalue weighted by atomic mass is 9.82. The molecule has 1 aromatic rings. The summed E-state index contributed by atoms with van der Waals surface area (Å²) in [6, 6.07) is 5.06. The molecule has 0 bridgehead atoms. The normalized spacial score (nSPS) is 11.2. The summed E-state index contributed by atoms with van der Waals surface area (Å²) in [5, 5.41) is 0. The van der Waals surface area contributed by atoms with E-state index in [0.717, 1.165) is 12.0 Å². The average molecular weight is 222 g/mol. The van der Waals surface area contributed by atoms with Crippen LogP contribution in [0.4, 0.5) is 4.39 Å². The molecule has 0 aliphatic carbocycles. The minimum absolute atomic E-state index is 0.0417. The maximum absolute atomic E-state index is 13.4. The van der Waals surface area contributed by atoms with Crippen molar-refractivity contribution in [2.45, 2.75) is 32.6 Å². The van der Waals surface area contributed by atoms with Gasteiger partial charge in [-0.1, -0.05) is 39.5 Å². The van der Waals surface area contributed by atoms with Crippen LogP contribution in [0.3, 0.4) is 0 Å². The fourth-order valence-corrected chi connectivity index (χ4v) is 1.39. The van der Waals surface area contributed by atoms with Crippen LogP contribution in [-0.4, -0.2) is 6.61 Å². The maximum atomic E-state index is 13.4. The van der Waals surface area contributed by atoms with Crippen molar-refractivity contribution < 1.29 is 9.13 Å². The molecule has 0 N–H and O–H groups in total. The van der Waals surface area contributed by atoms with Gasteiger partial charge in [-0.15, -0.1) is 0 Å². The molecular weight excluding hydrogens is 203 g/mol. The first-order chi connectivity index (χ1) is 7.51. The molecule has 0 heterocycles. The molecule has 0 unspecified atom stereocenters. The number of halogens is 1. The van der Waals surface area contributed by atoms with E-state index in [1.807, 2.05) is 6.07 Å². The molecule has 88 valence electrons. The van der Waals surface area contributed by atoms with Crippen molar-refractivity contribution in [1.29, 1.82) is 0 Å². The molecular formula is C14H19FO. The van der Waals surface area contributed by atoms with E-state index >= 15 is 0 Å². The van der Waals surface area contributed by atoms with Crippen molar-refractivity contribution in [3.05, 3.63) is 42.2 Å². The fourth-order valence-electron chi connectivity index (χ4n) is 1.39. The van der Waals surface area contributed by atoms with E-state index in [4.69, 9.17) is 4.74 Å². The Morgan fingerprint density at radius 3 is 2.69 bits per heavy atom. The number of hydrogen-bond acceptors (Lipinski definition) is 1. The van der Waals surface area contributed by atoms with E-state index in [1.165, 1.54) is 6.07 Å². The second kappa shape index (κ2) is 5.15. The van der Waals surface area contributed by atoms with E-state index in [0.29, 0.717) is 12.4 Å². The van der Waals surface area contributed by atoms with Gasteiger partial charge in [-0.2, -0.15) is 0 Å². The minimum atomic E-state index is -0.322. The van der Waals surface area contributed by atoms with E-state index in [2.05, 4.69) is 27.4 Å². The summed E-state index contributed by atoms with van der Waals surface area (Å²) in [5.41, 5.74) is 1.13. The highest BCUT2D eigenvalue weighted by atomic mass is 19.1. The molecule has 1 nitrogen and oxygen atoms in total. The van der Waals surface area contributed by atoms with Gasteiger partial charge in [0.15, 0.2) is 11.6 Å². The summed E-state index contributed by atoms with van der Waals surface area (Å²) in [7, 11) is 0. The van der Waals surface area contributed by atoms with Gasteiger partial charge in [0.1, 0.15) is 6.61 Å². The minimum Gasteiger partial charge on any atom is -0.486 e. The van der Waals surface area contributed by atoms with Gasteiger partial charge in [-0.3, -0.25) is 0 Å². The van der Waals surface area contributed by atoms with E-state index in [1.54, 1.807) is 12.1 Å². The fraction of sp³-hybridized carbons (Fsp3) is 0.429. The van der Waals surface area contributed by atoms with Crippen molar-refractivity contribution in [3.63, 3.8) is 0 Å². The number of hydrogen-bond donors (Lipinski definition) is 0. The first kappa shape index (κ1) is 12.8. The lowest BCUT2D eigenvalue weighted by Crippen LogP contribution is -2.15. The summed E-state index contributed by atoms with van der Waals surface area (Å²) in [5.74, 6) is -0.0172. The number of ether oxygens (including phenoxy) is 1. The lowest BCUT2D eigenvalue weighted by molar-refractivity contribution is 0.340.